The molecular formula is C55H108Cl2O10Si3. The molecule has 2 fully saturated rings. The lowest BCUT2D eigenvalue weighted by Crippen LogP contribution is -2.41. The van der Waals surface area contributed by atoms with Crippen LogP contribution < -0.4 is 9.47 Å². The van der Waals surface area contributed by atoms with E-state index in [1.807, 2.05) is 76.2 Å². The predicted molar refractivity (Wildman–Crippen MR) is 308 cm³/mol. The average molecular weight is 1080 g/mol. The molecule has 2 aliphatic rings. The summed E-state index contributed by atoms with van der Waals surface area (Å²) in [6.45, 7) is 48.0. The van der Waals surface area contributed by atoms with Crippen LogP contribution in [0.4, 0.5) is 0 Å². The Morgan fingerprint density at radius 1 is 0.629 bits per heavy atom. The molecule has 0 radical (unpaired) electrons. The lowest BCUT2D eigenvalue weighted by Gasteiger charge is -2.36. The molecule has 2 aliphatic heterocycles. The molecule has 70 heavy (non-hydrogen) atoms. The Hall–Kier alpha value is -1.05. The van der Waals surface area contributed by atoms with Gasteiger partial charge >= 0.3 is 0 Å². The largest absolute Gasteiger partial charge is 0.497 e. The van der Waals surface area contributed by atoms with Crippen LogP contribution in [0.15, 0.2) is 48.5 Å². The summed E-state index contributed by atoms with van der Waals surface area (Å²) in [6, 6.07) is 15.5. The fraction of sp³-hybridized carbons (Fsp3) is 0.782. The molecular weight excluding hydrogens is 976 g/mol. The van der Waals surface area contributed by atoms with Gasteiger partial charge in [-0.25, -0.2) is 0 Å². The van der Waals surface area contributed by atoms with Gasteiger partial charge in [0.1, 0.15) is 11.5 Å². The van der Waals surface area contributed by atoms with Crippen molar-refractivity contribution in [3.63, 3.8) is 0 Å². The number of benzene rings is 2. The highest BCUT2D eigenvalue weighted by atomic mass is 35.5. The van der Waals surface area contributed by atoms with Gasteiger partial charge in [0.2, 0.25) is 0 Å². The first-order valence-corrected chi connectivity index (χ1v) is 35.8. The third kappa shape index (κ3) is 32.3. The number of alkyl halides is 2. The Kier molecular flexibility index (Phi) is 41.2. The van der Waals surface area contributed by atoms with E-state index in [2.05, 4.69) is 109 Å². The molecule has 2 saturated heterocycles. The second-order valence-electron chi connectivity index (χ2n) is 21.7. The van der Waals surface area contributed by atoms with E-state index in [9.17, 15) is 0 Å². The molecule has 0 spiro atoms. The van der Waals surface area contributed by atoms with Gasteiger partial charge in [0.15, 0.2) is 29.2 Å². The van der Waals surface area contributed by atoms with E-state index in [0.717, 1.165) is 74.4 Å². The molecule has 0 aliphatic carbocycles. The Balaban J connectivity index is -0.000000866. The van der Waals surface area contributed by atoms with Gasteiger partial charge < -0.3 is 47.5 Å². The minimum Gasteiger partial charge on any atom is -0.497 e. The number of aliphatic hydroxyl groups excluding tert-OH is 2. The smallest absolute Gasteiger partial charge is 0.191 e. The maximum absolute atomic E-state index is 8.89. The number of aliphatic hydroxyl groups is 2. The van der Waals surface area contributed by atoms with Gasteiger partial charge in [0.05, 0.1) is 45.0 Å². The molecule has 0 aromatic heterocycles. The van der Waals surface area contributed by atoms with Gasteiger partial charge in [-0.15, -0.1) is 23.2 Å². The quantitative estimate of drug-likeness (QED) is 0.0850. The van der Waals surface area contributed by atoms with Crippen molar-refractivity contribution in [3.05, 3.63) is 59.7 Å². The van der Waals surface area contributed by atoms with Gasteiger partial charge in [-0.3, -0.25) is 0 Å². The van der Waals surface area contributed by atoms with Crippen molar-refractivity contribution in [2.45, 2.75) is 215 Å². The molecule has 0 bridgehead atoms. The molecule has 2 aromatic rings. The summed E-state index contributed by atoms with van der Waals surface area (Å²) in [5, 5.41) is 19.0. The van der Waals surface area contributed by atoms with Crippen LogP contribution in [0.2, 0.25) is 54.4 Å². The van der Waals surface area contributed by atoms with Crippen LogP contribution in [0, 0.1) is 5.92 Å². The van der Waals surface area contributed by atoms with E-state index < -0.39 is 16.6 Å². The Morgan fingerprint density at radius 3 is 1.24 bits per heavy atom. The van der Waals surface area contributed by atoms with Gasteiger partial charge in [0.25, 0.3) is 0 Å². The van der Waals surface area contributed by atoms with E-state index >= 15 is 0 Å². The first-order valence-electron chi connectivity index (χ1n) is 26.1. The van der Waals surface area contributed by atoms with Crippen molar-refractivity contribution in [1.29, 1.82) is 0 Å². The van der Waals surface area contributed by atoms with Gasteiger partial charge in [0, 0.05) is 46.4 Å². The van der Waals surface area contributed by atoms with Crippen molar-refractivity contribution in [2.24, 2.45) is 5.92 Å². The highest BCUT2D eigenvalue weighted by Crippen LogP contribution is 2.38. The van der Waals surface area contributed by atoms with Crippen LogP contribution in [-0.2, 0) is 27.8 Å². The summed E-state index contributed by atoms with van der Waals surface area (Å²) < 4.78 is 45.7. The molecule has 0 saturated carbocycles. The number of rotatable bonds is 18. The SMILES string of the molecule is CC.CC.COc1ccc(C2OC[C@H](CCCO)O2)cc1.COc1ccc(C2OC[C@H](CCCO[Si](C)(C)C(C)(C)C)O2)cc1.C[C@H](CO)CCCO[Si](C)(C)C(C)(C)C.C[SiH](C)C(C)(C)C.ClCCl. The standard InChI is InChI=1S/C19H32O4Si.C13H18O4.C12H28O2Si.C6H16Si.2C2H6.CH2Cl2/c1-19(2,3)24(5,6)22-13-7-8-17-14-21-18(23-17)15-9-11-16(20-4)12-10-15;1-15-11-6-4-10(5-7-11)13-16-9-12(17-13)3-2-8-14;1-11(10-13)8-7-9-14-15(5,6)12(2,3)4;1-6(2,3)7(4)5;2*1-2;2-1-3/h9-12,17-18H,7-8,13-14H2,1-6H3;4-7,12-14H,2-3,8-9H2,1H3;11,13H,7-10H2,1-6H3;7H,1-5H3;2*1-2H3;1H2/t17-,18?;12-,13?;11-;;;;/m000..../s1. The van der Waals surface area contributed by atoms with E-state index in [1.54, 1.807) is 14.2 Å². The number of hydrogen-bond donors (Lipinski definition) is 2. The van der Waals surface area contributed by atoms with Crippen molar-refractivity contribution < 1.29 is 47.5 Å². The summed E-state index contributed by atoms with van der Waals surface area (Å²) in [5.74, 6) is 2.08. The molecule has 2 unspecified atom stereocenters. The van der Waals surface area contributed by atoms with Crippen LogP contribution in [0.25, 0.3) is 0 Å². The molecule has 2 aromatic carbocycles. The minimum absolute atomic E-state index is 0.0919. The number of ether oxygens (including phenoxy) is 6. The van der Waals surface area contributed by atoms with Crippen molar-refractivity contribution in [2.75, 3.05) is 59.2 Å². The lowest BCUT2D eigenvalue weighted by molar-refractivity contribution is -0.0619. The van der Waals surface area contributed by atoms with Gasteiger partial charge in [-0.05, 0) is 110 Å². The number of halogens is 2. The summed E-state index contributed by atoms with van der Waals surface area (Å²) >= 11 is 9.53. The van der Waals surface area contributed by atoms with Crippen LogP contribution in [0.5, 0.6) is 11.5 Å². The van der Waals surface area contributed by atoms with Crippen LogP contribution >= 0.6 is 23.2 Å². The fourth-order valence-corrected chi connectivity index (χ4v) is 7.49. The Morgan fingerprint density at radius 2 is 0.957 bits per heavy atom. The van der Waals surface area contributed by atoms with Crippen molar-refractivity contribution in [3.8, 4) is 11.5 Å². The van der Waals surface area contributed by atoms with E-state index in [4.69, 9.17) is 70.7 Å². The molecule has 0 amide bonds. The maximum atomic E-state index is 8.89. The number of methoxy groups -OCH3 is 2. The zero-order valence-electron chi connectivity index (χ0n) is 48.7. The van der Waals surface area contributed by atoms with Crippen LogP contribution in [-0.4, -0.2) is 107 Å². The van der Waals surface area contributed by atoms with Crippen molar-refractivity contribution >= 4 is 48.6 Å². The molecule has 10 nitrogen and oxygen atoms in total. The van der Waals surface area contributed by atoms with E-state index in [-0.39, 0.29) is 50.6 Å². The van der Waals surface area contributed by atoms with Crippen LogP contribution in [0.3, 0.4) is 0 Å². The summed E-state index contributed by atoms with van der Waals surface area (Å²) in [6.07, 6.45) is 5.39. The van der Waals surface area contributed by atoms with Gasteiger partial charge in [-0.2, -0.15) is 0 Å². The topological polar surface area (TPSA) is 114 Å². The molecule has 2 heterocycles. The molecule has 2 N–H and O–H groups in total. The second kappa shape index (κ2) is 39.4. The second-order valence-corrected chi connectivity index (χ2v) is 36.1. The number of hydrogen-bond acceptors (Lipinski definition) is 10. The lowest BCUT2D eigenvalue weighted by atomic mass is 10.1. The summed E-state index contributed by atoms with van der Waals surface area (Å²) in [7, 11) is -0.242. The molecule has 15 heteroatoms. The molecule has 5 atom stereocenters. The van der Waals surface area contributed by atoms with Gasteiger partial charge in [-0.1, -0.05) is 134 Å². The third-order valence-corrected chi connectivity index (χ3v) is 25.6. The monoisotopic (exact) mass is 1080 g/mol. The average Bonchev–Trinajstić information content (AvgIpc) is 4.00. The molecule has 414 valence electrons. The first kappa shape index (κ1) is 73.2. The first-order chi connectivity index (χ1) is 32.6. The molecule has 4 rings (SSSR count). The zero-order valence-corrected chi connectivity index (χ0v) is 53.4. The normalized spacial score (nSPS) is 18.3. The van der Waals surface area contributed by atoms with E-state index in [0.29, 0.717) is 35.8 Å². The van der Waals surface area contributed by atoms with E-state index in [1.165, 1.54) is 0 Å². The maximum Gasteiger partial charge on any atom is 0.191 e. The Bertz CT molecular complexity index is 1500. The van der Waals surface area contributed by atoms with Crippen LogP contribution in [0.1, 0.15) is 159 Å². The minimum atomic E-state index is -1.64. The highest BCUT2D eigenvalue weighted by Gasteiger charge is 2.38. The summed E-state index contributed by atoms with van der Waals surface area (Å²) in [4.78, 5) is 0. The predicted octanol–water partition coefficient (Wildman–Crippen LogP) is 16.0. The third-order valence-electron chi connectivity index (χ3n) is 13.1. The summed E-state index contributed by atoms with van der Waals surface area (Å²) in [5.41, 5.74) is 2.04. The fourth-order valence-electron chi connectivity index (χ4n) is 5.31. The highest BCUT2D eigenvalue weighted by molar-refractivity contribution is 6.74. The van der Waals surface area contributed by atoms with Crippen molar-refractivity contribution in [1.82, 2.24) is 0 Å². The Labute approximate surface area is 444 Å². The zero-order chi connectivity index (χ0) is 54.8.